The zero-order valence-electron chi connectivity index (χ0n) is 14.2. The summed E-state index contributed by atoms with van der Waals surface area (Å²) >= 11 is 1.50. The molecule has 0 radical (unpaired) electrons. The Kier molecular flexibility index (Phi) is 5.71. The molecule has 3 rings (SSSR count). The molecular weight excluding hydrogens is 336 g/mol. The topological polar surface area (TPSA) is 67.4 Å². The van der Waals surface area contributed by atoms with Gasteiger partial charge in [-0.15, -0.1) is 11.3 Å². The van der Waals surface area contributed by atoms with Gasteiger partial charge in [-0.1, -0.05) is 12.1 Å². The number of thiophene rings is 1. The molecule has 1 aromatic carbocycles. The fourth-order valence-electron chi connectivity index (χ4n) is 2.36. The molecule has 2 amide bonds. The normalized spacial score (nSPS) is 13.3. The Morgan fingerprint density at radius 3 is 2.56 bits per heavy atom. The average molecular weight is 358 g/mol. The van der Waals surface area contributed by atoms with Crippen LogP contribution in [0.15, 0.2) is 36.4 Å². The summed E-state index contributed by atoms with van der Waals surface area (Å²) in [5, 5.41) is 5.81. The standard InChI is InChI=1S/C19H22N2O3S/c1-13-2-9-17(25-13)19(23)20-11-10-14-3-7-16(8-4-14)24-12-18(22)21-15-5-6-15/h2-4,7-9,15H,5-6,10-12H2,1H3,(H,20,23)(H,21,22). The van der Waals surface area contributed by atoms with Crippen molar-refractivity contribution in [3.63, 3.8) is 0 Å². The van der Waals surface area contributed by atoms with Crippen molar-refractivity contribution in [2.75, 3.05) is 13.2 Å². The van der Waals surface area contributed by atoms with Crippen LogP contribution in [0.2, 0.25) is 0 Å². The Hall–Kier alpha value is -2.34. The number of nitrogens with one attached hydrogen (secondary N) is 2. The highest BCUT2D eigenvalue weighted by Gasteiger charge is 2.23. The van der Waals surface area contributed by atoms with Crippen molar-refractivity contribution in [3.8, 4) is 5.75 Å². The number of rotatable bonds is 8. The van der Waals surface area contributed by atoms with E-state index in [1.807, 2.05) is 43.3 Å². The second kappa shape index (κ2) is 8.16. The summed E-state index contributed by atoms with van der Waals surface area (Å²) < 4.78 is 5.47. The summed E-state index contributed by atoms with van der Waals surface area (Å²) in [6.45, 7) is 2.62. The average Bonchev–Trinajstić information content (AvgIpc) is 3.31. The number of carbonyl (C=O) groups excluding carboxylic acids is 2. The molecule has 1 aliphatic rings. The molecule has 2 aromatic rings. The predicted molar refractivity (Wildman–Crippen MR) is 98.2 cm³/mol. The van der Waals surface area contributed by atoms with Gasteiger partial charge in [0, 0.05) is 17.5 Å². The first-order valence-corrected chi connectivity index (χ1v) is 9.27. The van der Waals surface area contributed by atoms with Crippen LogP contribution in [0.4, 0.5) is 0 Å². The number of benzene rings is 1. The lowest BCUT2D eigenvalue weighted by molar-refractivity contribution is -0.123. The molecule has 0 saturated heterocycles. The first-order valence-electron chi connectivity index (χ1n) is 8.46. The molecular formula is C19H22N2O3S. The third-order valence-electron chi connectivity index (χ3n) is 3.90. The zero-order chi connectivity index (χ0) is 17.6. The zero-order valence-corrected chi connectivity index (χ0v) is 15.0. The van der Waals surface area contributed by atoms with E-state index in [1.54, 1.807) is 0 Å². The summed E-state index contributed by atoms with van der Waals surface area (Å²) in [4.78, 5) is 25.4. The fraction of sp³-hybridized carbons (Fsp3) is 0.368. The van der Waals surface area contributed by atoms with E-state index in [0.717, 1.165) is 34.6 Å². The number of ether oxygens (including phenoxy) is 1. The van der Waals surface area contributed by atoms with Crippen LogP contribution in [0.3, 0.4) is 0 Å². The van der Waals surface area contributed by atoms with Gasteiger partial charge in [0.05, 0.1) is 4.88 Å². The molecule has 1 aromatic heterocycles. The minimum atomic E-state index is -0.0712. The van der Waals surface area contributed by atoms with Crippen LogP contribution >= 0.6 is 11.3 Å². The summed E-state index contributed by atoms with van der Waals surface area (Å²) in [6.07, 6.45) is 2.89. The van der Waals surface area contributed by atoms with E-state index >= 15 is 0 Å². The van der Waals surface area contributed by atoms with E-state index in [9.17, 15) is 9.59 Å². The van der Waals surface area contributed by atoms with Crippen LogP contribution in [-0.2, 0) is 11.2 Å². The molecule has 0 unspecified atom stereocenters. The van der Waals surface area contributed by atoms with Crippen LogP contribution in [0.25, 0.3) is 0 Å². The molecule has 0 atom stereocenters. The van der Waals surface area contributed by atoms with Crippen molar-refractivity contribution < 1.29 is 14.3 Å². The second-order valence-corrected chi connectivity index (χ2v) is 7.48. The number of hydrogen-bond acceptors (Lipinski definition) is 4. The van der Waals surface area contributed by atoms with E-state index in [1.165, 1.54) is 11.3 Å². The Morgan fingerprint density at radius 2 is 1.92 bits per heavy atom. The van der Waals surface area contributed by atoms with Gasteiger partial charge < -0.3 is 15.4 Å². The van der Waals surface area contributed by atoms with Crippen LogP contribution < -0.4 is 15.4 Å². The Morgan fingerprint density at radius 1 is 1.16 bits per heavy atom. The summed E-state index contributed by atoms with van der Waals surface area (Å²) in [7, 11) is 0. The number of amides is 2. The van der Waals surface area contributed by atoms with Gasteiger partial charge in [0.25, 0.3) is 11.8 Å². The number of carbonyl (C=O) groups is 2. The monoisotopic (exact) mass is 358 g/mol. The van der Waals surface area contributed by atoms with Gasteiger partial charge >= 0.3 is 0 Å². The lowest BCUT2D eigenvalue weighted by atomic mass is 10.1. The van der Waals surface area contributed by atoms with Gasteiger partial charge in [-0.25, -0.2) is 0 Å². The van der Waals surface area contributed by atoms with Crippen molar-refractivity contribution in [2.45, 2.75) is 32.2 Å². The third kappa shape index (κ3) is 5.60. The maximum atomic E-state index is 12.0. The first-order chi connectivity index (χ1) is 12.1. The first kappa shape index (κ1) is 17.5. The van der Waals surface area contributed by atoms with Crippen molar-refractivity contribution >= 4 is 23.2 Å². The van der Waals surface area contributed by atoms with Crippen LogP contribution in [0.1, 0.15) is 33.0 Å². The summed E-state index contributed by atoms with van der Waals surface area (Å²) in [5.41, 5.74) is 1.11. The highest BCUT2D eigenvalue weighted by Crippen LogP contribution is 2.18. The van der Waals surface area contributed by atoms with Gasteiger partial charge in [0.1, 0.15) is 5.75 Å². The molecule has 6 heteroatoms. The maximum Gasteiger partial charge on any atom is 0.261 e. The van der Waals surface area contributed by atoms with Crippen molar-refractivity contribution in [1.29, 1.82) is 0 Å². The van der Waals surface area contributed by atoms with Crippen molar-refractivity contribution in [2.24, 2.45) is 0 Å². The fourth-order valence-corrected chi connectivity index (χ4v) is 3.15. The van der Waals surface area contributed by atoms with Crippen molar-refractivity contribution in [3.05, 3.63) is 51.7 Å². The molecule has 1 aliphatic carbocycles. The highest BCUT2D eigenvalue weighted by molar-refractivity contribution is 7.13. The number of hydrogen-bond donors (Lipinski definition) is 2. The molecule has 25 heavy (non-hydrogen) atoms. The van der Waals surface area contributed by atoms with Crippen LogP contribution in [0, 0.1) is 6.92 Å². The summed E-state index contributed by atoms with van der Waals surface area (Å²) in [6, 6.07) is 11.8. The minimum absolute atomic E-state index is 0.0280. The van der Waals surface area contributed by atoms with Gasteiger partial charge in [-0.05, 0) is 56.0 Å². The Balaban J connectivity index is 1.38. The third-order valence-corrected chi connectivity index (χ3v) is 4.90. The predicted octanol–water partition coefficient (Wildman–Crippen LogP) is 2.69. The molecule has 132 valence electrons. The van der Waals surface area contributed by atoms with E-state index < -0.39 is 0 Å². The lowest BCUT2D eigenvalue weighted by Gasteiger charge is -2.08. The second-order valence-electron chi connectivity index (χ2n) is 6.19. The molecule has 0 aliphatic heterocycles. The lowest BCUT2D eigenvalue weighted by Crippen LogP contribution is -2.30. The molecule has 0 spiro atoms. The van der Waals surface area contributed by atoms with Gasteiger partial charge in [0.15, 0.2) is 6.61 Å². The SMILES string of the molecule is Cc1ccc(C(=O)NCCc2ccc(OCC(=O)NC3CC3)cc2)s1. The quantitative estimate of drug-likeness (QED) is 0.762. The molecule has 0 bridgehead atoms. The van der Waals surface area contributed by atoms with Crippen molar-refractivity contribution in [1.82, 2.24) is 10.6 Å². The molecule has 1 fully saturated rings. The van der Waals surface area contributed by atoms with E-state index in [0.29, 0.717) is 18.3 Å². The van der Waals surface area contributed by atoms with Crippen LogP contribution in [-0.4, -0.2) is 31.0 Å². The largest absolute Gasteiger partial charge is 0.484 e. The van der Waals surface area contributed by atoms with Gasteiger partial charge in [-0.2, -0.15) is 0 Å². The molecule has 5 nitrogen and oxygen atoms in total. The Bertz CT molecular complexity index is 735. The smallest absolute Gasteiger partial charge is 0.261 e. The highest BCUT2D eigenvalue weighted by atomic mass is 32.1. The van der Waals surface area contributed by atoms with Gasteiger partial charge in [0.2, 0.25) is 0 Å². The van der Waals surface area contributed by atoms with E-state index in [-0.39, 0.29) is 18.4 Å². The summed E-state index contributed by atoms with van der Waals surface area (Å²) in [5.74, 6) is 0.575. The van der Waals surface area contributed by atoms with E-state index in [4.69, 9.17) is 4.74 Å². The Labute approximate surface area is 151 Å². The van der Waals surface area contributed by atoms with E-state index in [2.05, 4.69) is 10.6 Å². The maximum absolute atomic E-state index is 12.0. The number of aryl methyl sites for hydroxylation is 1. The molecule has 1 saturated carbocycles. The molecule has 1 heterocycles. The van der Waals surface area contributed by atoms with Gasteiger partial charge in [-0.3, -0.25) is 9.59 Å². The minimum Gasteiger partial charge on any atom is -0.484 e. The van der Waals surface area contributed by atoms with Crippen LogP contribution in [0.5, 0.6) is 5.75 Å². The molecule has 2 N–H and O–H groups in total.